The maximum Gasteiger partial charge on any atom is 0.259 e. The van der Waals surface area contributed by atoms with Gasteiger partial charge in [0.1, 0.15) is 13.0 Å². The molecule has 0 aliphatic carbocycles. The van der Waals surface area contributed by atoms with Gasteiger partial charge in [-0.05, 0) is 35.7 Å². The van der Waals surface area contributed by atoms with Crippen LogP contribution in [0.1, 0.15) is 40.5 Å². The smallest absolute Gasteiger partial charge is 0.259 e. The van der Waals surface area contributed by atoms with E-state index in [0.717, 1.165) is 35.7 Å². The first kappa shape index (κ1) is 21.4. The van der Waals surface area contributed by atoms with Crippen molar-refractivity contribution in [1.82, 2.24) is 0 Å². The Bertz CT molecular complexity index is 1020. The fraction of sp³-hybridized carbons (Fsp3) is 0.200. The number of amides is 1. The molecule has 1 N–H and O–H groups in total. The van der Waals surface area contributed by atoms with Gasteiger partial charge in [-0.2, -0.15) is 0 Å². The molecule has 3 aromatic rings. The quantitative estimate of drug-likeness (QED) is 0.314. The number of carbonyl (C=O) groups is 2. The summed E-state index contributed by atoms with van der Waals surface area (Å²) in [5.41, 5.74) is 4.21. The number of aldehydes is 1. The average molecular weight is 398 g/mol. The maximum atomic E-state index is 13.1. The first-order valence-electron chi connectivity index (χ1n) is 10.2. The molecule has 3 aromatic carbocycles. The van der Waals surface area contributed by atoms with Gasteiger partial charge >= 0.3 is 0 Å². The molecule has 0 unspecified atom stereocenters. The predicted octanol–water partition coefficient (Wildman–Crippen LogP) is 4.97. The summed E-state index contributed by atoms with van der Waals surface area (Å²) >= 11 is 0. The molecule has 4 nitrogen and oxygen atoms in total. The van der Waals surface area contributed by atoms with Gasteiger partial charge in [-0.15, -0.1) is 0 Å². The van der Waals surface area contributed by atoms with Crippen LogP contribution in [0.3, 0.4) is 0 Å². The van der Waals surface area contributed by atoms with Crippen LogP contribution in [0.2, 0.25) is 6.82 Å². The minimum Gasteiger partial charge on any atom is -0.493 e. The highest BCUT2D eigenvalue weighted by Crippen LogP contribution is 2.26. The topological polar surface area (TPSA) is 55.4 Å². The second-order valence-corrected chi connectivity index (χ2v) is 6.99. The Morgan fingerprint density at radius 1 is 1.03 bits per heavy atom. The van der Waals surface area contributed by atoms with Gasteiger partial charge in [-0.1, -0.05) is 74.2 Å². The highest BCUT2D eigenvalue weighted by Gasteiger charge is 2.16. The van der Waals surface area contributed by atoms with Crippen LogP contribution in [0, 0.1) is 0 Å². The van der Waals surface area contributed by atoms with Gasteiger partial charge in [0.2, 0.25) is 0 Å². The van der Waals surface area contributed by atoms with Crippen LogP contribution in [-0.2, 0) is 0 Å². The number of carbonyl (C=O) groups excluding carboxylic acids is 2. The lowest BCUT2D eigenvalue weighted by Crippen LogP contribution is -2.19. The van der Waals surface area contributed by atoms with Crippen LogP contribution in [-0.4, -0.2) is 26.1 Å². The lowest BCUT2D eigenvalue weighted by molar-refractivity contribution is 0.102. The first-order chi connectivity index (χ1) is 14.7. The van der Waals surface area contributed by atoms with Crippen molar-refractivity contribution in [3.63, 3.8) is 0 Å². The molecule has 3 rings (SSSR count). The molecule has 0 aliphatic heterocycles. The Hall–Kier alpha value is -3.34. The average Bonchev–Trinajstić information content (AvgIpc) is 2.80. The van der Waals surface area contributed by atoms with Crippen molar-refractivity contribution in [2.24, 2.45) is 0 Å². The summed E-state index contributed by atoms with van der Waals surface area (Å²) in [6.45, 7) is 4.56. The fourth-order valence-electron chi connectivity index (χ4n) is 3.12. The van der Waals surface area contributed by atoms with E-state index < -0.39 is 0 Å². The van der Waals surface area contributed by atoms with E-state index in [9.17, 15) is 9.59 Å². The van der Waals surface area contributed by atoms with Gasteiger partial charge in [0.05, 0.1) is 17.9 Å². The number of nitrogens with one attached hydrogen (secondary N) is 1. The lowest BCUT2D eigenvalue weighted by atomic mass is 9.73. The molecule has 1 amide bonds. The molecule has 0 aliphatic rings. The predicted molar refractivity (Wildman–Crippen MR) is 123 cm³/mol. The van der Waals surface area contributed by atoms with Gasteiger partial charge in [0.25, 0.3) is 5.91 Å². The van der Waals surface area contributed by atoms with Crippen molar-refractivity contribution in [3.05, 3.63) is 77.9 Å². The summed E-state index contributed by atoms with van der Waals surface area (Å²) in [5.74, 6) is 0.233. The van der Waals surface area contributed by atoms with E-state index in [0.29, 0.717) is 29.2 Å². The molecule has 0 heterocycles. The van der Waals surface area contributed by atoms with Gasteiger partial charge in [-0.25, -0.2) is 0 Å². The van der Waals surface area contributed by atoms with Crippen LogP contribution < -0.4 is 15.5 Å². The minimum atomic E-state index is -0.307. The zero-order valence-corrected chi connectivity index (χ0v) is 17.4. The van der Waals surface area contributed by atoms with Crippen LogP contribution in [0.25, 0.3) is 11.1 Å². The van der Waals surface area contributed by atoms with Gasteiger partial charge in [0, 0.05) is 5.56 Å². The van der Waals surface area contributed by atoms with Crippen LogP contribution in [0.15, 0.2) is 66.7 Å². The van der Waals surface area contributed by atoms with Gasteiger partial charge < -0.3 is 10.1 Å². The number of anilines is 1. The number of hydrogen-bond acceptors (Lipinski definition) is 3. The van der Waals surface area contributed by atoms with Crippen molar-refractivity contribution in [2.45, 2.75) is 26.6 Å². The summed E-state index contributed by atoms with van der Waals surface area (Å²) < 4.78 is 5.84. The summed E-state index contributed by atoms with van der Waals surface area (Å²) in [6.07, 6.45) is 2.67. The summed E-state index contributed by atoms with van der Waals surface area (Å²) in [6, 6.07) is 20.8. The second-order valence-electron chi connectivity index (χ2n) is 6.99. The van der Waals surface area contributed by atoms with Crippen LogP contribution in [0.5, 0.6) is 5.75 Å². The van der Waals surface area contributed by atoms with Crippen molar-refractivity contribution in [1.29, 1.82) is 0 Å². The summed E-state index contributed by atoms with van der Waals surface area (Å²) in [5, 5.41) is 2.91. The largest absolute Gasteiger partial charge is 0.493 e. The summed E-state index contributed by atoms with van der Waals surface area (Å²) in [7, 11) is 1.93. The Morgan fingerprint density at radius 3 is 2.53 bits per heavy atom. The monoisotopic (exact) mass is 398 g/mol. The van der Waals surface area contributed by atoms with Crippen LogP contribution in [0.4, 0.5) is 5.69 Å². The molecule has 151 valence electrons. The molecule has 0 aromatic heterocycles. The van der Waals surface area contributed by atoms with E-state index in [1.807, 2.05) is 68.7 Å². The van der Waals surface area contributed by atoms with Crippen molar-refractivity contribution < 1.29 is 14.3 Å². The third-order valence-corrected chi connectivity index (χ3v) is 4.87. The molecule has 5 heteroatoms. The number of hydrogen-bond donors (Lipinski definition) is 1. The molecule has 30 heavy (non-hydrogen) atoms. The van der Waals surface area contributed by atoms with E-state index in [2.05, 4.69) is 12.2 Å². The fourth-order valence-corrected chi connectivity index (χ4v) is 3.12. The molecule has 0 saturated heterocycles. The van der Waals surface area contributed by atoms with E-state index in [1.165, 1.54) is 0 Å². The number of rotatable bonds is 9. The third kappa shape index (κ3) is 5.17. The normalized spacial score (nSPS) is 10.3. The molecular weight excluding hydrogens is 373 g/mol. The zero-order valence-electron chi connectivity index (χ0n) is 17.4. The molecule has 0 fully saturated rings. The van der Waals surface area contributed by atoms with Gasteiger partial charge in [-0.3, -0.25) is 9.59 Å². The molecule has 0 spiro atoms. The standard InChI is InChI=1S/C25H25BNO3/c1-3-4-14-30-24-13-12-21(26-2)16-22(24)25(29)27-23-15-19(10-11-20(23)17-28)18-8-6-5-7-9-18/h5-13,15-17H,3-4,14H2,1-2H3,(H,27,29). The third-order valence-electron chi connectivity index (χ3n) is 4.87. The number of ether oxygens (including phenoxy) is 1. The second kappa shape index (κ2) is 10.4. The highest BCUT2D eigenvalue weighted by atomic mass is 16.5. The Kier molecular flexibility index (Phi) is 7.44. The Morgan fingerprint density at radius 2 is 1.83 bits per heavy atom. The molecule has 0 bridgehead atoms. The minimum absolute atomic E-state index is 0.307. The maximum absolute atomic E-state index is 13.1. The first-order valence-corrected chi connectivity index (χ1v) is 10.2. The molecule has 0 atom stereocenters. The SMILES string of the molecule is C[B]c1ccc(OCCCC)c(C(=O)Nc2cc(-c3ccccc3)ccc2C=O)c1. The highest BCUT2D eigenvalue weighted by molar-refractivity contribution is 6.52. The Labute approximate surface area is 178 Å². The molecule has 0 saturated carbocycles. The van der Waals surface area contributed by atoms with Crippen molar-refractivity contribution in [3.8, 4) is 16.9 Å². The molecular formula is C25H25BNO3. The van der Waals surface area contributed by atoms with Crippen LogP contribution >= 0.6 is 0 Å². The Balaban J connectivity index is 1.92. The lowest BCUT2D eigenvalue weighted by Gasteiger charge is -2.14. The van der Waals surface area contributed by atoms with Crippen molar-refractivity contribution in [2.75, 3.05) is 11.9 Å². The number of unbranched alkanes of at least 4 members (excludes halogenated alkanes) is 1. The van der Waals surface area contributed by atoms with E-state index >= 15 is 0 Å². The van der Waals surface area contributed by atoms with E-state index in [-0.39, 0.29) is 5.91 Å². The van der Waals surface area contributed by atoms with Crippen molar-refractivity contribution >= 4 is 30.6 Å². The number of benzene rings is 3. The van der Waals surface area contributed by atoms with E-state index in [4.69, 9.17) is 4.74 Å². The van der Waals surface area contributed by atoms with Gasteiger partial charge in [0.15, 0.2) is 6.29 Å². The summed E-state index contributed by atoms with van der Waals surface area (Å²) in [4.78, 5) is 24.7. The zero-order chi connectivity index (χ0) is 21.3. The molecule has 1 radical (unpaired) electrons. The van der Waals surface area contributed by atoms with E-state index in [1.54, 1.807) is 12.1 Å².